The third-order valence-corrected chi connectivity index (χ3v) is 2.10. The van der Waals surface area contributed by atoms with Crippen LogP contribution in [0.3, 0.4) is 0 Å². The molecule has 0 spiro atoms. The Labute approximate surface area is 70.1 Å². The lowest BCUT2D eigenvalue weighted by Gasteiger charge is -2.04. The smallest absolute Gasteiger partial charge is 0.0639 e. The normalized spacial score (nSPS) is 15.1. The van der Waals surface area contributed by atoms with E-state index in [2.05, 4.69) is 19.9 Å². The van der Waals surface area contributed by atoms with Gasteiger partial charge in [-0.1, -0.05) is 31.9 Å². The third-order valence-electron chi connectivity index (χ3n) is 2.10. The summed E-state index contributed by atoms with van der Waals surface area (Å²) >= 11 is 0. The fraction of sp³-hybridized carbons (Fsp3) is 0.800. The molecule has 0 aliphatic carbocycles. The van der Waals surface area contributed by atoms with Gasteiger partial charge in [0.15, 0.2) is 0 Å². The van der Waals surface area contributed by atoms with E-state index in [1.54, 1.807) is 0 Å². The summed E-state index contributed by atoms with van der Waals surface area (Å²) in [6, 6.07) is 0. The summed E-state index contributed by atoms with van der Waals surface area (Å²) in [7, 11) is 0. The van der Waals surface area contributed by atoms with E-state index in [4.69, 9.17) is 5.11 Å². The van der Waals surface area contributed by atoms with Crippen molar-refractivity contribution in [3.63, 3.8) is 0 Å². The average molecular weight is 156 g/mol. The molecule has 0 saturated heterocycles. The Hall–Kier alpha value is -0.300. The SMILES string of the molecule is CC[C@@H](C)CCC=C(C)CO. The molecule has 11 heavy (non-hydrogen) atoms. The summed E-state index contributed by atoms with van der Waals surface area (Å²) in [5.41, 5.74) is 1.09. The van der Waals surface area contributed by atoms with Crippen LogP contribution in [0, 0.1) is 5.92 Å². The van der Waals surface area contributed by atoms with Crippen LogP contribution in [0.25, 0.3) is 0 Å². The molecule has 1 nitrogen and oxygen atoms in total. The summed E-state index contributed by atoms with van der Waals surface area (Å²) in [6.07, 6.45) is 5.74. The van der Waals surface area contributed by atoms with Gasteiger partial charge < -0.3 is 5.11 Å². The number of aliphatic hydroxyl groups is 1. The predicted octanol–water partition coefficient (Wildman–Crippen LogP) is 2.75. The van der Waals surface area contributed by atoms with Crippen molar-refractivity contribution in [1.82, 2.24) is 0 Å². The molecule has 1 atom stereocenters. The van der Waals surface area contributed by atoms with Crippen molar-refractivity contribution < 1.29 is 5.11 Å². The summed E-state index contributed by atoms with van der Waals surface area (Å²) in [5, 5.41) is 8.69. The quantitative estimate of drug-likeness (QED) is 0.607. The Bertz CT molecular complexity index is 116. The highest BCUT2D eigenvalue weighted by Gasteiger charge is 1.95. The molecule has 0 aliphatic heterocycles. The van der Waals surface area contributed by atoms with E-state index in [0.29, 0.717) is 0 Å². The zero-order chi connectivity index (χ0) is 8.69. The first-order valence-electron chi connectivity index (χ1n) is 4.47. The first-order chi connectivity index (χ1) is 5.20. The van der Waals surface area contributed by atoms with Crippen LogP contribution in [0.15, 0.2) is 11.6 Å². The van der Waals surface area contributed by atoms with E-state index >= 15 is 0 Å². The average Bonchev–Trinajstić information content (AvgIpc) is 2.04. The number of allylic oxidation sites excluding steroid dienone is 1. The van der Waals surface area contributed by atoms with Gasteiger partial charge in [0.2, 0.25) is 0 Å². The molecule has 1 heteroatoms. The van der Waals surface area contributed by atoms with Crippen molar-refractivity contribution in [3.05, 3.63) is 11.6 Å². The summed E-state index contributed by atoms with van der Waals surface area (Å²) in [4.78, 5) is 0. The Balaban J connectivity index is 3.39. The van der Waals surface area contributed by atoms with Gasteiger partial charge in [-0.25, -0.2) is 0 Å². The van der Waals surface area contributed by atoms with Gasteiger partial charge in [0.1, 0.15) is 0 Å². The van der Waals surface area contributed by atoms with Gasteiger partial charge in [-0.05, 0) is 25.7 Å². The van der Waals surface area contributed by atoms with Crippen molar-refractivity contribution in [2.24, 2.45) is 5.92 Å². The fourth-order valence-corrected chi connectivity index (χ4v) is 0.883. The molecular weight excluding hydrogens is 136 g/mol. The minimum atomic E-state index is 0.209. The van der Waals surface area contributed by atoms with Gasteiger partial charge >= 0.3 is 0 Å². The van der Waals surface area contributed by atoms with Crippen LogP contribution in [-0.2, 0) is 0 Å². The van der Waals surface area contributed by atoms with E-state index in [1.807, 2.05) is 6.92 Å². The Morgan fingerprint density at radius 2 is 2.18 bits per heavy atom. The molecule has 0 aliphatic rings. The van der Waals surface area contributed by atoms with Crippen molar-refractivity contribution >= 4 is 0 Å². The van der Waals surface area contributed by atoms with Crippen LogP contribution in [0.4, 0.5) is 0 Å². The first kappa shape index (κ1) is 10.7. The molecule has 0 unspecified atom stereocenters. The van der Waals surface area contributed by atoms with Gasteiger partial charge in [0.25, 0.3) is 0 Å². The lowest BCUT2D eigenvalue weighted by Crippen LogP contribution is -1.91. The van der Waals surface area contributed by atoms with Gasteiger partial charge in [-0.15, -0.1) is 0 Å². The molecule has 0 bridgehead atoms. The number of aliphatic hydroxyl groups excluding tert-OH is 1. The molecule has 0 aromatic rings. The van der Waals surface area contributed by atoms with Gasteiger partial charge in [0, 0.05) is 0 Å². The molecule has 0 amide bonds. The molecule has 0 aromatic heterocycles. The Kier molecular flexibility index (Phi) is 6.24. The molecular formula is C10H20O. The highest BCUT2D eigenvalue weighted by Crippen LogP contribution is 2.10. The Morgan fingerprint density at radius 3 is 2.64 bits per heavy atom. The second-order valence-corrected chi connectivity index (χ2v) is 3.30. The molecule has 66 valence electrons. The summed E-state index contributed by atoms with van der Waals surface area (Å²) in [5.74, 6) is 0.817. The fourth-order valence-electron chi connectivity index (χ4n) is 0.883. The molecule has 1 N–H and O–H groups in total. The van der Waals surface area contributed by atoms with Crippen LogP contribution < -0.4 is 0 Å². The second-order valence-electron chi connectivity index (χ2n) is 3.30. The standard InChI is InChI=1S/C10H20O/c1-4-9(2)6-5-7-10(3)8-11/h7,9,11H,4-6,8H2,1-3H3/t9-/m1/s1. The van der Waals surface area contributed by atoms with E-state index < -0.39 is 0 Å². The van der Waals surface area contributed by atoms with E-state index in [1.165, 1.54) is 12.8 Å². The predicted molar refractivity (Wildman–Crippen MR) is 49.5 cm³/mol. The number of hydrogen-bond acceptors (Lipinski definition) is 1. The highest BCUT2D eigenvalue weighted by molar-refractivity contribution is 4.97. The summed E-state index contributed by atoms with van der Waals surface area (Å²) in [6.45, 7) is 6.66. The maximum Gasteiger partial charge on any atom is 0.0639 e. The zero-order valence-corrected chi connectivity index (χ0v) is 7.93. The zero-order valence-electron chi connectivity index (χ0n) is 7.93. The van der Waals surface area contributed by atoms with Crippen molar-refractivity contribution in [2.45, 2.75) is 40.0 Å². The van der Waals surface area contributed by atoms with Crippen LogP contribution in [0.5, 0.6) is 0 Å². The monoisotopic (exact) mass is 156 g/mol. The molecule has 0 saturated carbocycles. The minimum absolute atomic E-state index is 0.209. The topological polar surface area (TPSA) is 20.2 Å². The van der Waals surface area contributed by atoms with Crippen molar-refractivity contribution in [1.29, 1.82) is 0 Å². The lowest BCUT2D eigenvalue weighted by molar-refractivity contribution is 0.330. The van der Waals surface area contributed by atoms with Gasteiger partial charge in [0.05, 0.1) is 6.61 Å². The van der Waals surface area contributed by atoms with E-state index in [9.17, 15) is 0 Å². The largest absolute Gasteiger partial charge is 0.392 e. The molecule has 0 aromatic carbocycles. The maximum absolute atomic E-state index is 8.69. The van der Waals surface area contributed by atoms with E-state index in [-0.39, 0.29) is 6.61 Å². The first-order valence-corrected chi connectivity index (χ1v) is 4.47. The van der Waals surface area contributed by atoms with Crippen LogP contribution in [-0.4, -0.2) is 11.7 Å². The molecule has 0 heterocycles. The minimum Gasteiger partial charge on any atom is -0.392 e. The number of hydrogen-bond donors (Lipinski definition) is 1. The second kappa shape index (κ2) is 6.41. The highest BCUT2D eigenvalue weighted by atomic mass is 16.3. The third kappa shape index (κ3) is 6.11. The maximum atomic E-state index is 8.69. The van der Waals surface area contributed by atoms with Crippen molar-refractivity contribution in [3.8, 4) is 0 Å². The van der Waals surface area contributed by atoms with E-state index in [0.717, 1.165) is 17.9 Å². The van der Waals surface area contributed by atoms with Crippen LogP contribution >= 0.6 is 0 Å². The number of rotatable bonds is 5. The molecule has 0 rings (SSSR count). The molecule has 0 radical (unpaired) electrons. The van der Waals surface area contributed by atoms with Crippen molar-refractivity contribution in [2.75, 3.05) is 6.61 Å². The molecule has 0 fully saturated rings. The Morgan fingerprint density at radius 1 is 1.55 bits per heavy atom. The van der Waals surface area contributed by atoms with Gasteiger partial charge in [-0.3, -0.25) is 0 Å². The van der Waals surface area contributed by atoms with Crippen LogP contribution in [0.1, 0.15) is 40.0 Å². The van der Waals surface area contributed by atoms with Gasteiger partial charge in [-0.2, -0.15) is 0 Å². The lowest BCUT2D eigenvalue weighted by atomic mass is 10.0. The summed E-state index contributed by atoms with van der Waals surface area (Å²) < 4.78 is 0. The van der Waals surface area contributed by atoms with Crippen LogP contribution in [0.2, 0.25) is 0 Å².